The zero-order chi connectivity index (χ0) is 15.6. The largest absolute Gasteiger partial charge is 0.493 e. The molecule has 0 radical (unpaired) electrons. The van der Waals surface area contributed by atoms with E-state index in [1.54, 1.807) is 0 Å². The number of likely N-dealkylation sites (tertiary alicyclic amines) is 1. The van der Waals surface area contributed by atoms with Crippen LogP contribution in [0.25, 0.3) is 0 Å². The molecule has 2 N–H and O–H groups in total. The minimum absolute atomic E-state index is 0.663. The minimum atomic E-state index is 0.663. The van der Waals surface area contributed by atoms with E-state index in [0.29, 0.717) is 5.92 Å². The Morgan fingerprint density at radius 3 is 2.91 bits per heavy atom. The molecule has 1 unspecified atom stereocenters. The molecule has 2 rings (SSSR count). The Labute approximate surface area is 135 Å². The molecule has 1 fully saturated rings. The third kappa shape index (κ3) is 5.62. The van der Waals surface area contributed by atoms with Crippen LogP contribution < -0.4 is 10.5 Å². The van der Waals surface area contributed by atoms with Gasteiger partial charge in [0.05, 0.1) is 6.61 Å². The molecular weight excluding hydrogens is 272 g/mol. The molecule has 3 nitrogen and oxygen atoms in total. The quantitative estimate of drug-likeness (QED) is 0.705. The van der Waals surface area contributed by atoms with E-state index in [1.807, 2.05) is 0 Å². The van der Waals surface area contributed by atoms with Gasteiger partial charge in [-0.05, 0) is 44.3 Å². The lowest BCUT2D eigenvalue weighted by Gasteiger charge is -2.32. The number of nitrogens with two attached hydrogens (primary N) is 1. The van der Waals surface area contributed by atoms with Gasteiger partial charge in [-0.2, -0.15) is 0 Å². The fourth-order valence-electron chi connectivity index (χ4n) is 3.21. The summed E-state index contributed by atoms with van der Waals surface area (Å²) in [7, 11) is 0. The predicted molar refractivity (Wildman–Crippen MR) is 93.1 cm³/mol. The van der Waals surface area contributed by atoms with Crippen LogP contribution >= 0.6 is 0 Å². The number of rotatable bonds is 9. The van der Waals surface area contributed by atoms with Crippen molar-refractivity contribution in [1.29, 1.82) is 0 Å². The summed E-state index contributed by atoms with van der Waals surface area (Å²) in [5, 5.41) is 0. The van der Waals surface area contributed by atoms with Crippen LogP contribution in [0.15, 0.2) is 24.3 Å². The van der Waals surface area contributed by atoms with Crippen molar-refractivity contribution in [3.63, 3.8) is 0 Å². The van der Waals surface area contributed by atoms with Crippen LogP contribution in [0.1, 0.15) is 51.0 Å². The summed E-state index contributed by atoms with van der Waals surface area (Å²) < 4.78 is 6.03. The fraction of sp³-hybridized carbons (Fsp3) is 0.684. The summed E-state index contributed by atoms with van der Waals surface area (Å²) in [6.07, 6.45) is 7.54. The van der Waals surface area contributed by atoms with Crippen molar-refractivity contribution in [3.05, 3.63) is 29.8 Å². The summed E-state index contributed by atoms with van der Waals surface area (Å²) in [5.74, 6) is 1.73. The zero-order valence-electron chi connectivity index (χ0n) is 14.1. The van der Waals surface area contributed by atoms with Gasteiger partial charge in [-0.15, -0.1) is 0 Å². The minimum Gasteiger partial charge on any atom is -0.493 e. The van der Waals surface area contributed by atoms with Crippen LogP contribution in [0, 0.1) is 5.92 Å². The summed E-state index contributed by atoms with van der Waals surface area (Å²) in [5.41, 5.74) is 7.16. The highest BCUT2D eigenvalue weighted by Gasteiger charge is 2.19. The molecule has 1 heterocycles. The van der Waals surface area contributed by atoms with Gasteiger partial charge in [-0.25, -0.2) is 0 Å². The van der Waals surface area contributed by atoms with Crippen LogP contribution in [0.4, 0.5) is 0 Å². The summed E-state index contributed by atoms with van der Waals surface area (Å²) in [6.45, 7) is 7.18. The van der Waals surface area contributed by atoms with Gasteiger partial charge in [0, 0.05) is 18.7 Å². The molecule has 1 aromatic carbocycles. The molecule has 0 aliphatic carbocycles. The van der Waals surface area contributed by atoms with Crippen molar-refractivity contribution in [2.45, 2.75) is 52.0 Å². The lowest BCUT2D eigenvalue weighted by Crippen LogP contribution is -2.37. The van der Waals surface area contributed by atoms with Crippen molar-refractivity contribution in [2.75, 3.05) is 26.2 Å². The van der Waals surface area contributed by atoms with Crippen molar-refractivity contribution in [3.8, 4) is 5.75 Å². The van der Waals surface area contributed by atoms with E-state index in [2.05, 4.69) is 36.1 Å². The van der Waals surface area contributed by atoms with Gasteiger partial charge < -0.3 is 10.5 Å². The second kappa shape index (κ2) is 9.86. The summed E-state index contributed by atoms with van der Waals surface area (Å²) >= 11 is 0. The van der Waals surface area contributed by atoms with E-state index in [1.165, 1.54) is 44.2 Å². The molecule has 1 aromatic rings. The second-order valence-corrected chi connectivity index (χ2v) is 6.50. The molecular formula is C19H32N2O. The van der Waals surface area contributed by atoms with Gasteiger partial charge in [0.25, 0.3) is 0 Å². The number of nitrogens with zero attached hydrogens (tertiary/aromatic N) is 1. The predicted octanol–water partition coefficient (Wildman–Crippen LogP) is 3.82. The fourth-order valence-corrected chi connectivity index (χ4v) is 3.21. The van der Waals surface area contributed by atoms with E-state index in [4.69, 9.17) is 10.5 Å². The van der Waals surface area contributed by atoms with Crippen LogP contribution in [0.2, 0.25) is 0 Å². The van der Waals surface area contributed by atoms with E-state index >= 15 is 0 Å². The standard InChI is InChI=1S/C19H32N2O/c1-2-3-4-7-13-22-19-11-6-5-10-18(19)16-21-12-8-9-17(14-20)15-21/h5-6,10-11,17H,2-4,7-9,12-16,20H2,1H3. The van der Waals surface area contributed by atoms with Crippen molar-refractivity contribution >= 4 is 0 Å². The first-order chi connectivity index (χ1) is 10.8. The molecule has 0 bridgehead atoms. The first kappa shape index (κ1) is 17.3. The highest BCUT2D eigenvalue weighted by atomic mass is 16.5. The van der Waals surface area contributed by atoms with Gasteiger partial charge in [-0.3, -0.25) is 4.90 Å². The van der Waals surface area contributed by atoms with Crippen molar-refractivity contribution in [2.24, 2.45) is 11.7 Å². The number of para-hydroxylation sites is 1. The van der Waals surface area contributed by atoms with Gasteiger partial charge in [0.2, 0.25) is 0 Å². The number of unbranched alkanes of at least 4 members (excludes halogenated alkanes) is 3. The molecule has 1 saturated heterocycles. The third-order valence-corrected chi connectivity index (χ3v) is 4.56. The molecule has 22 heavy (non-hydrogen) atoms. The SMILES string of the molecule is CCCCCCOc1ccccc1CN1CCCC(CN)C1. The van der Waals surface area contributed by atoms with Crippen LogP contribution in [0.5, 0.6) is 5.75 Å². The van der Waals surface area contributed by atoms with Crippen molar-refractivity contribution < 1.29 is 4.74 Å². The Hall–Kier alpha value is -1.06. The van der Waals surface area contributed by atoms with E-state index in [-0.39, 0.29) is 0 Å². The van der Waals surface area contributed by atoms with Crippen LogP contribution in [-0.2, 0) is 6.54 Å². The van der Waals surface area contributed by atoms with E-state index < -0.39 is 0 Å². The van der Waals surface area contributed by atoms with Crippen LogP contribution in [0.3, 0.4) is 0 Å². The Kier molecular flexibility index (Phi) is 7.75. The normalized spacial score (nSPS) is 19.3. The van der Waals surface area contributed by atoms with Gasteiger partial charge in [0.15, 0.2) is 0 Å². The number of hydrogen-bond donors (Lipinski definition) is 1. The average molecular weight is 304 g/mol. The van der Waals surface area contributed by atoms with E-state index in [0.717, 1.165) is 38.4 Å². The van der Waals surface area contributed by atoms with Crippen molar-refractivity contribution in [1.82, 2.24) is 4.90 Å². The first-order valence-electron chi connectivity index (χ1n) is 8.96. The zero-order valence-corrected chi connectivity index (χ0v) is 14.1. The van der Waals surface area contributed by atoms with Gasteiger partial charge in [0.1, 0.15) is 5.75 Å². The summed E-state index contributed by atoms with van der Waals surface area (Å²) in [6, 6.07) is 8.50. The Balaban J connectivity index is 1.85. The highest BCUT2D eigenvalue weighted by Crippen LogP contribution is 2.23. The second-order valence-electron chi connectivity index (χ2n) is 6.50. The number of ether oxygens (including phenoxy) is 1. The maximum absolute atomic E-state index is 6.03. The third-order valence-electron chi connectivity index (χ3n) is 4.56. The number of piperidine rings is 1. The molecule has 0 spiro atoms. The maximum atomic E-state index is 6.03. The molecule has 0 saturated carbocycles. The molecule has 1 aliphatic rings. The Bertz CT molecular complexity index is 422. The number of benzene rings is 1. The number of hydrogen-bond acceptors (Lipinski definition) is 3. The first-order valence-corrected chi connectivity index (χ1v) is 8.96. The highest BCUT2D eigenvalue weighted by molar-refractivity contribution is 5.33. The Morgan fingerprint density at radius 2 is 2.09 bits per heavy atom. The molecule has 0 amide bonds. The molecule has 0 aromatic heterocycles. The summed E-state index contributed by atoms with van der Waals surface area (Å²) in [4.78, 5) is 2.53. The average Bonchev–Trinajstić information content (AvgIpc) is 2.56. The molecule has 1 atom stereocenters. The van der Waals surface area contributed by atoms with E-state index in [9.17, 15) is 0 Å². The van der Waals surface area contributed by atoms with Crippen LogP contribution in [-0.4, -0.2) is 31.1 Å². The smallest absolute Gasteiger partial charge is 0.123 e. The maximum Gasteiger partial charge on any atom is 0.123 e. The van der Waals surface area contributed by atoms with Gasteiger partial charge in [-0.1, -0.05) is 44.4 Å². The Morgan fingerprint density at radius 1 is 1.23 bits per heavy atom. The molecule has 3 heteroatoms. The molecule has 1 aliphatic heterocycles. The molecule has 124 valence electrons. The lowest BCUT2D eigenvalue weighted by atomic mass is 9.98. The monoisotopic (exact) mass is 304 g/mol. The topological polar surface area (TPSA) is 38.5 Å². The van der Waals surface area contributed by atoms with Gasteiger partial charge >= 0.3 is 0 Å². The lowest BCUT2D eigenvalue weighted by molar-refractivity contribution is 0.168.